The van der Waals surface area contributed by atoms with Gasteiger partial charge in [0.25, 0.3) is 0 Å². The normalized spacial score (nSPS) is 10.4. The number of esters is 2. The summed E-state index contributed by atoms with van der Waals surface area (Å²) < 4.78 is 16.3. The van der Waals surface area contributed by atoms with E-state index in [0.29, 0.717) is 11.4 Å². The van der Waals surface area contributed by atoms with Gasteiger partial charge in [0.2, 0.25) is 0 Å². The predicted molar refractivity (Wildman–Crippen MR) is 109 cm³/mol. The van der Waals surface area contributed by atoms with Crippen LogP contribution >= 0.6 is 27.3 Å². The van der Waals surface area contributed by atoms with E-state index in [1.165, 1.54) is 30.6 Å². The molecule has 0 bridgehead atoms. The lowest BCUT2D eigenvalue weighted by molar-refractivity contribution is 0.0454. The van der Waals surface area contributed by atoms with Crippen LogP contribution in [0.25, 0.3) is 10.6 Å². The number of carbonyl (C=O) groups excluding carboxylic acids is 2. The molecule has 8 heteroatoms. The summed E-state index contributed by atoms with van der Waals surface area (Å²) in [5.74, 6) is -0.506. The quantitative estimate of drug-likeness (QED) is 0.494. The second-order valence-electron chi connectivity index (χ2n) is 5.60. The molecule has 0 amide bonds. The van der Waals surface area contributed by atoms with Gasteiger partial charge < -0.3 is 14.2 Å². The van der Waals surface area contributed by atoms with Gasteiger partial charge in [-0.3, -0.25) is 0 Å². The fourth-order valence-electron chi connectivity index (χ4n) is 2.51. The van der Waals surface area contributed by atoms with Crippen molar-refractivity contribution in [3.8, 4) is 16.3 Å². The summed E-state index contributed by atoms with van der Waals surface area (Å²) in [6.07, 6.45) is 0. The van der Waals surface area contributed by atoms with Crippen LogP contribution in [0.2, 0.25) is 0 Å². The highest BCUT2D eigenvalue weighted by atomic mass is 79.9. The number of aromatic nitrogens is 1. The first-order valence-corrected chi connectivity index (χ1v) is 9.83. The molecule has 144 valence electrons. The molecule has 3 rings (SSSR count). The Morgan fingerprint density at radius 3 is 2.46 bits per heavy atom. The Hall–Kier alpha value is -2.71. The predicted octanol–water partition coefficient (Wildman–Crippen LogP) is 4.72. The monoisotopic (exact) mass is 461 g/mol. The molecule has 0 fully saturated rings. The summed E-state index contributed by atoms with van der Waals surface area (Å²) in [6, 6.07) is 12.0. The molecule has 0 N–H and O–H groups in total. The highest BCUT2D eigenvalue weighted by Gasteiger charge is 2.19. The van der Waals surface area contributed by atoms with Crippen LogP contribution in [0.1, 0.15) is 26.4 Å². The Morgan fingerprint density at radius 1 is 1.07 bits per heavy atom. The molecule has 0 aliphatic carbocycles. The number of rotatable bonds is 6. The lowest BCUT2D eigenvalue weighted by Crippen LogP contribution is -2.12. The SMILES string of the molecule is COC(=O)c1ccccc1C(=O)OCc1csc(-c2cc(Br)ccc2OC)n1. The summed E-state index contributed by atoms with van der Waals surface area (Å²) in [5.41, 5.74) is 1.76. The van der Waals surface area contributed by atoms with E-state index in [4.69, 9.17) is 14.2 Å². The van der Waals surface area contributed by atoms with E-state index in [9.17, 15) is 9.59 Å². The van der Waals surface area contributed by atoms with Crippen LogP contribution in [0.15, 0.2) is 52.3 Å². The Bertz CT molecular complexity index is 1020. The fraction of sp³-hybridized carbons (Fsp3) is 0.150. The molecule has 0 radical (unpaired) electrons. The van der Waals surface area contributed by atoms with E-state index in [1.807, 2.05) is 23.6 Å². The van der Waals surface area contributed by atoms with Crippen molar-refractivity contribution in [3.63, 3.8) is 0 Å². The number of carbonyl (C=O) groups is 2. The standard InChI is InChI=1S/C20H16BrNO5S/c1-25-17-8-7-12(21)9-16(17)18-22-13(11-28-18)10-27-20(24)15-6-4-3-5-14(15)19(23)26-2/h3-9,11H,10H2,1-2H3. The number of methoxy groups -OCH3 is 2. The second-order valence-corrected chi connectivity index (χ2v) is 7.38. The maximum Gasteiger partial charge on any atom is 0.339 e. The summed E-state index contributed by atoms with van der Waals surface area (Å²) in [6.45, 7) is -0.0127. The Kier molecular flexibility index (Phi) is 6.43. The van der Waals surface area contributed by atoms with E-state index >= 15 is 0 Å². The molecular weight excluding hydrogens is 446 g/mol. The minimum absolute atomic E-state index is 0.0127. The van der Waals surface area contributed by atoms with E-state index in [-0.39, 0.29) is 17.7 Å². The summed E-state index contributed by atoms with van der Waals surface area (Å²) in [5, 5.41) is 2.56. The van der Waals surface area contributed by atoms with Crippen LogP contribution in [0.4, 0.5) is 0 Å². The Labute approximate surface area is 174 Å². The molecule has 0 saturated heterocycles. The second kappa shape index (κ2) is 8.99. The van der Waals surface area contributed by atoms with Crippen molar-refractivity contribution < 1.29 is 23.8 Å². The number of nitrogens with zero attached hydrogens (tertiary/aromatic N) is 1. The lowest BCUT2D eigenvalue weighted by Gasteiger charge is -2.07. The van der Waals surface area contributed by atoms with Gasteiger partial charge in [0.1, 0.15) is 17.4 Å². The number of benzene rings is 2. The fourth-order valence-corrected chi connectivity index (χ4v) is 3.70. The van der Waals surface area contributed by atoms with Gasteiger partial charge in [-0.15, -0.1) is 11.3 Å². The van der Waals surface area contributed by atoms with E-state index in [2.05, 4.69) is 20.9 Å². The van der Waals surface area contributed by atoms with Gasteiger partial charge in [0.05, 0.1) is 36.6 Å². The number of thiazole rings is 1. The van der Waals surface area contributed by atoms with Gasteiger partial charge in [-0.1, -0.05) is 28.1 Å². The van der Waals surface area contributed by atoms with Crippen molar-refractivity contribution in [3.05, 3.63) is 69.1 Å². The molecule has 6 nitrogen and oxygen atoms in total. The number of hydrogen-bond acceptors (Lipinski definition) is 7. The molecule has 0 saturated carbocycles. The molecule has 2 aromatic carbocycles. The molecule has 0 atom stereocenters. The molecule has 0 spiro atoms. The minimum atomic E-state index is -0.615. The van der Waals surface area contributed by atoms with Crippen molar-refractivity contribution in [2.45, 2.75) is 6.61 Å². The highest BCUT2D eigenvalue weighted by molar-refractivity contribution is 9.10. The van der Waals surface area contributed by atoms with E-state index in [1.54, 1.807) is 19.2 Å². The van der Waals surface area contributed by atoms with Gasteiger partial charge in [0, 0.05) is 9.85 Å². The first-order chi connectivity index (χ1) is 13.5. The van der Waals surface area contributed by atoms with E-state index in [0.717, 1.165) is 15.0 Å². The van der Waals surface area contributed by atoms with E-state index < -0.39 is 11.9 Å². The largest absolute Gasteiger partial charge is 0.496 e. The molecular formula is C20H16BrNO5S. The maximum atomic E-state index is 12.4. The topological polar surface area (TPSA) is 74.7 Å². The Balaban J connectivity index is 1.75. The van der Waals surface area contributed by atoms with Gasteiger partial charge in [-0.25, -0.2) is 14.6 Å². The third-order valence-electron chi connectivity index (χ3n) is 3.85. The number of ether oxygens (including phenoxy) is 3. The van der Waals surface area contributed by atoms with Crippen molar-refractivity contribution in [1.29, 1.82) is 0 Å². The zero-order valence-electron chi connectivity index (χ0n) is 15.1. The maximum absolute atomic E-state index is 12.4. The van der Waals surface area contributed by atoms with Crippen LogP contribution < -0.4 is 4.74 Å². The van der Waals surface area contributed by atoms with Gasteiger partial charge in [0.15, 0.2) is 0 Å². The molecule has 0 aliphatic rings. The third-order valence-corrected chi connectivity index (χ3v) is 5.26. The minimum Gasteiger partial charge on any atom is -0.496 e. The molecule has 1 aromatic heterocycles. The molecule has 0 unspecified atom stereocenters. The summed E-state index contributed by atoms with van der Waals surface area (Å²) in [4.78, 5) is 28.7. The van der Waals surface area contributed by atoms with Crippen molar-refractivity contribution >= 4 is 39.2 Å². The van der Waals surface area contributed by atoms with Crippen LogP contribution in [0, 0.1) is 0 Å². The molecule has 3 aromatic rings. The smallest absolute Gasteiger partial charge is 0.339 e. The van der Waals surface area contributed by atoms with Crippen LogP contribution in [0.5, 0.6) is 5.75 Å². The third kappa shape index (κ3) is 4.40. The number of hydrogen-bond donors (Lipinski definition) is 0. The van der Waals surface area contributed by atoms with Crippen LogP contribution in [0.3, 0.4) is 0 Å². The molecule has 28 heavy (non-hydrogen) atoms. The zero-order valence-corrected chi connectivity index (χ0v) is 17.5. The van der Waals surface area contributed by atoms with Crippen LogP contribution in [-0.4, -0.2) is 31.1 Å². The lowest BCUT2D eigenvalue weighted by atomic mass is 10.1. The van der Waals surface area contributed by atoms with Gasteiger partial charge >= 0.3 is 11.9 Å². The number of halogens is 1. The van der Waals surface area contributed by atoms with Gasteiger partial charge in [-0.05, 0) is 30.3 Å². The van der Waals surface area contributed by atoms with Gasteiger partial charge in [-0.2, -0.15) is 0 Å². The van der Waals surface area contributed by atoms with Crippen molar-refractivity contribution in [2.24, 2.45) is 0 Å². The average Bonchev–Trinajstić information content (AvgIpc) is 3.20. The Morgan fingerprint density at radius 2 is 1.79 bits per heavy atom. The molecule has 1 heterocycles. The zero-order chi connectivity index (χ0) is 20.1. The first kappa shape index (κ1) is 20.0. The summed E-state index contributed by atoms with van der Waals surface area (Å²) >= 11 is 4.87. The average molecular weight is 462 g/mol. The van der Waals surface area contributed by atoms with Crippen molar-refractivity contribution in [1.82, 2.24) is 4.98 Å². The summed E-state index contributed by atoms with van der Waals surface area (Å²) in [7, 11) is 2.86. The molecule has 0 aliphatic heterocycles. The highest BCUT2D eigenvalue weighted by Crippen LogP contribution is 2.34. The van der Waals surface area contributed by atoms with Crippen molar-refractivity contribution in [2.75, 3.05) is 14.2 Å². The first-order valence-electron chi connectivity index (χ1n) is 8.16. The van der Waals surface area contributed by atoms with Crippen LogP contribution in [-0.2, 0) is 16.1 Å².